The number of hydrogen-bond donors (Lipinski definition) is 0. The minimum Gasteiger partial charge on any atom is -0.466 e. The zero-order chi connectivity index (χ0) is 35.8. The predicted molar refractivity (Wildman–Crippen MR) is 208 cm³/mol. The fourth-order valence-electron chi connectivity index (χ4n) is 7.57. The third-order valence-corrected chi connectivity index (χ3v) is 10.8. The Morgan fingerprint density at radius 3 is 1.41 bits per heavy atom. The lowest BCUT2D eigenvalue weighted by Crippen LogP contribution is -2.29. The van der Waals surface area contributed by atoms with E-state index in [2.05, 4.69) is 50.6 Å². The summed E-state index contributed by atoms with van der Waals surface area (Å²) in [7, 11) is 0. The third-order valence-electron chi connectivity index (χ3n) is 10.8. The molecule has 1 rings (SSSR count). The van der Waals surface area contributed by atoms with Crippen LogP contribution in [0.2, 0.25) is 0 Å². The van der Waals surface area contributed by atoms with E-state index in [9.17, 15) is 9.59 Å². The Hall–Kier alpha value is -1.80. The van der Waals surface area contributed by atoms with Gasteiger partial charge in [-0.2, -0.15) is 0 Å². The summed E-state index contributed by atoms with van der Waals surface area (Å²) in [6.07, 6.45) is 28.9. The first-order valence-electron chi connectivity index (χ1n) is 21.2. The van der Waals surface area contributed by atoms with Crippen LogP contribution in [0, 0.1) is 17.8 Å². The molecule has 0 aromatic carbocycles. The van der Waals surface area contributed by atoms with Crippen molar-refractivity contribution in [3.63, 3.8) is 0 Å². The van der Waals surface area contributed by atoms with Crippen molar-refractivity contribution in [2.75, 3.05) is 32.8 Å². The lowest BCUT2D eigenvalue weighted by Gasteiger charge is -2.26. The van der Waals surface area contributed by atoms with Crippen LogP contribution in [0.3, 0.4) is 0 Å². The van der Waals surface area contributed by atoms with Gasteiger partial charge >= 0.3 is 11.9 Å². The molecule has 49 heavy (non-hydrogen) atoms. The van der Waals surface area contributed by atoms with Gasteiger partial charge in [0.05, 0.1) is 13.2 Å². The van der Waals surface area contributed by atoms with Crippen molar-refractivity contribution in [3.05, 3.63) is 23.6 Å². The molecule has 0 aliphatic carbocycles. The summed E-state index contributed by atoms with van der Waals surface area (Å²) >= 11 is 0. The highest BCUT2D eigenvalue weighted by atomic mass is 16.5. The largest absolute Gasteiger partial charge is 0.466 e. The summed E-state index contributed by atoms with van der Waals surface area (Å²) in [5, 5.41) is 0. The van der Waals surface area contributed by atoms with Gasteiger partial charge in [-0.05, 0) is 94.4 Å². The van der Waals surface area contributed by atoms with Crippen LogP contribution in [-0.4, -0.2) is 49.7 Å². The van der Waals surface area contributed by atoms with Crippen molar-refractivity contribution >= 4 is 11.9 Å². The molecule has 1 aliphatic rings. The standard InChI is InChI=1S/C44H79NO4/c1-6-11-30-40-34-36-48-43(46)32-25-21-17-13-15-19-23-28-39(38-45(9-4)10-5)29-24-20-16-14-18-22-26-33-44(47)49-37-35-41(31-12-7-2)42(40)27-8-3/h39-41H,3,6-7,9-26,28-38H2,1-2,4-5H3. The molecule has 0 amide bonds. The molecule has 0 bridgehead atoms. The summed E-state index contributed by atoms with van der Waals surface area (Å²) in [4.78, 5) is 27.9. The molecule has 5 nitrogen and oxygen atoms in total. The van der Waals surface area contributed by atoms with E-state index in [0.717, 1.165) is 96.1 Å². The number of rotatable bonds is 10. The zero-order valence-electron chi connectivity index (χ0n) is 32.9. The lowest BCUT2D eigenvalue weighted by molar-refractivity contribution is -0.144. The zero-order valence-corrected chi connectivity index (χ0v) is 32.9. The normalized spacial score (nSPS) is 23.5. The number of carbonyl (C=O) groups is 2. The smallest absolute Gasteiger partial charge is 0.305 e. The molecule has 1 heterocycles. The van der Waals surface area contributed by atoms with Crippen molar-refractivity contribution in [1.82, 2.24) is 4.90 Å². The van der Waals surface area contributed by atoms with E-state index in [1.165, 1.54) is 89.2 Å². The Morgan fingerprint density at radius 2 is 1.02 bits per heavy atom. The van der Waals surface area contributed by atoms with E-state index < -0.39 is 0 Å². The number of cyclic esters (lactones) is 2. The van der Waals surface area contributed by atoms with E-state index in [-0.39, 0.29) is 23.8 Å². The van der Waals surface area contributed by atoms with Gasteiger partial charge in [0.1, 0.15) is 0 Å². The molecule has 1 saturated heterocycles. The predicted octanol–water partition coefficient (Wildman–Crippen LogP) is 12.3. The number of hydrogen-bond acceptors (Lipinski definition) is 5. The maximum absolute atomic E-state index is 12.6. The summed E-state index contributed by atoms with van der Waals surface area (Å²) in [5.41, 5.74) is 7.57. The fourth-order valence-corrected chi connectivity index (χ4v) is 7.57. The van der Waals surface area contributed by atoms with Gasteiger partial charge in [-0.3, -0.25) is 9.59 Å². The summed E-state index contributed by atoms with van der Waals surface area (Å²) in [5.74, 6) is 1.24. The Kier molecular flexibility index (Phi) is 29.7. The molecule has 0 saturated carbocycles. The van der Waals surface area contributed by atoms with Gasteiger partial charge in [-0.1, -0.05) is 142 Å². The van der Waals surface area contributed by atoms with E-state index in [0.29, 0.717) is 26.1 Å². The number of ether oxygens (including phenoxy) is 2. The minimum atomic E-state index is -0.0626. The maximum atomic E-state index is 12.6. The lowest BCUT2D eigenvalue weighted by atomic mass is 9.79. The van der Waals surface area contributed by atoms with Gasteiger partial charge in [0.2, 0.25) is 0 Å². The number of allylic oxidation sites excluding steroid dienone is 1. The highest BCUT2D eigenvalue weighted by molar-refractivity contribution is 5.69. The first kappa shape index (κ1) is 45.2. The highest BCUT2D eigenvalue weighted by Gasteiger charge is 2.24. The van der Waals surface area contributed by atoms with Crippen molar-refractivity contribution in [2.24, 2.45) is 17.8 Å². The second-order valence-corrected chi connectivity index (χ2v) is 14.8. The van der Waals surface area contributed by atoms with Crippen LogP contribution in [0.1, 0.15) is 195 Å². The molecule has 284 valence electrons. The van der Waals surface area contributed by atoms with Gasteiger partial charge in [0.15, 0.2) is 0 Å². The second kappa shape index (κ2) is 32.1. The molecule has 5 heteroatoms. The number of esters is 2. The Morgan fingerprint density at radius 1 is 0.612 bits per heavy atom. The Bertz CT molecular complexity index is 845. The molecule has 1 aliphatic heterocycles. The molecule has 0 aromatic heterocycles. The molecule has 0 spiro atoms. The highest BCUT2D eigenvalue weighted by Crippen LogP contribution is 2.33. The fraction of sp³-hybridized carbons (Fsp3) is 0.864. The van der Waals surface area contributed by atoms with Crippen LogP contribution in [-0.2, 0) is 19.1 Å². The monoisotopic (exact) mass is 686 g/mol. The molecule has 0 aromatic rings. The van der Waals surface area contributed by atoms with Gasteiger partial charge in [-0.25, -0.2) is 0 Å². The molecular weight excluding hydrogens is 606 g/mol. The van der Waals surface area contributed by atoms with Crippen LogP contribution in [0.5, 0.6) is 0 Å². The third kappa shape index (κ3) is 24.1. The van der Waals surface area contributed by atoms with Gasteiger partial charge in [0.25, 0.3) is 0 Å². The number of unbranched alkanes of at least 4 members (excludes halogenated alkanes) is 2. The van der Waals surface area contributed by atoms with Crippen LogP contribution < -0.4 is 0 Å². The van der Waals surface area contributed by atoms with Crippen molar-refractivity contribution in [3.8, 4) is 0 Å². The van der Waals surface area contributed by atoms with E-state index >= 15 is 0 Å². The Labute approximate surface area is 304 Å². The summed E-state index contributed by atoms with van der Waals surface area (Å²) < 4.78 is 11.5. The minimum absolute atomic E-state index is 0.0626. The maximum Gasteiger partial charge on any atom is 0.305 e. The first-order chi connectivity index (χ1) is 24.0. The molecule has 2 atom stereocenters. The van der Waals surface area contributed by atoms with E-state index in [1.807, 2.05) is 0 Å². The van der Waals surface area contributed by atoms with Gasteiger partial charge in [-0.15, -0.1) is 0 Å². The summed E-state index contributed by atoms with van der Waals surface area (Å²) in [6.45, 7) is 17.3. The average molecular weight is 686 g/mol. The quantitative estimate of drug-likeness (QED) is 0.169. The molecular formula is C44H79NO4. The second-order valence-electron chi connectivity index (χ2n) is 14.8. The van der Waals surface area contributed by atoms with E-state index in [4.69, 9.17) is 9.47 Å². The molecule has 0 N–H and O–H groups in total. The van der Waals surface area contributed by atoms with Crippen molar-refractivity contribution < 1.29 is 19.1 Å². The average Bonchev–Trinajstić information content (AvgIpc) is 3.10. The van der Waals surface area contributed by atoms with Gasteiger partial charge in [0, 0.05) is 19.4 Å². The number of carbonyl (C=O) groups excluding carboxylic acids is 2. The van der Waals surface area contributed by atoms with Crippen LogP contribution in [0.25, 0.3) is 0 Å². The molecule has 2 unspecified atom stereocenters. The topological polar surface area (TPSA) is 55.8 Å². The SMILES string of the molecule is C=C=C=C1C(CCCC)CCOC(=O)CCCCCCCCCC(CN(CC)CC)CCCCCCCCCC(=O)OCCC1CCCC. The van der Waals surface area contributed by atoms with Crippen LogP contribution in [0.15, 0.2) is 23.6 Å². The van der Waals surface area contributed by atoms with Crippen molar-refractivity contribution in [2.45, 2.75) is 195 Å². The van der Waals surface area contributed by atoms with Crippen LogP contribution in [0.4, 0.5) is 0 Å². The van der Waals surface area contributed by atoms with Crippen LogP contribution >= 0.6 is 0 Å². The number of nitrogens with zero attached hydrogens (tertiary/aromatic N) is 1. The molecule has 1 fully saturated rings. The van der Waals surface area contributed by atoms with Crippen molar-refractivity contribution in [1.29, 1.82) is 0 Å². The van der Waals surface area contributed by atoms with Gasteiger partial charge < -0.3 is 14.4 Å². The van der Waals surface area contributed by atoms with E-state index in [1.54, 1.807) is 0 Å². The first-order valence-corrected chi connectivity index (χ1v) is 21.2. The molecule has 0 radical (unpaired) electrons. The summed E-state index contributed by atoms with van der Waals surface area (Å²) in [6, 6.07) is 0. The Balaban J connectivity index is 2.82.